The van der Waals surface area contributed by atoms with Crippen molar-refractivity contribution in [2.24, 2.45) is 0 Å². The van der Waals surface area contributed by atoms with Crippen molar-refractivity contribution in [3.63, 3.8) is 0 Å². The minimum atomic E-state index is -1.10. The van der Waals surface area contributed by atoms with Crippen molar-refractivity contribution in [1.29, 1.82) is 0 Å². The topological polar surface area (TPSA) is 95.5 Å². The number of carboxylic acids is 1. The second kappa shape index (κ2) is 6.60. The first-order valence-electron chi connectivity index (χ1n) is 7.32. The van der Waals surface area contributed by atoms with Gasteiger partial charge in [0.05, 0.1) is 6.42 Å². The lowest BCUT2D eigenvalue weighted by Gasteiger charge is -2.25. The number of hydrogen-bond donors (Lipinski definition) is 3. The third kappa shape index (κ3) is 3.84. The zero-order valence-corrected chi connectivity index (χ0v) is 12.5. The van der Waals surface area contributed by atoms with Gasteiger partial charge in [0.2, 0.25) is 11.8 Å². The molecule has 22 heavy (non-hydrogen) atoms. The van der Waals surface area contributed by atoms with Gasteiger partial charge in [0.25, 0.3) is 0 Å². The summed E-state index contributed by atoms with van der Waals surface area (Å²) < 4.78 is 0. The smallest absolute Gasteiger partial charge is 0.329 e. The average Bonchev–Trinajstić information content (AvgIpc) is 2.90. The van der Waals surface area contributed by atoms with E-state index >= 15 is 0 Å². The molecule has 1 aromatic carbocycles. The third-order valence-corrected chi connectivity index (χ3v) is 3.88. The molecule has 0 aromatic heterocycles. The van der Waals surface area contributed by atoms with Crippen molar-refractivity contribution in [1.82, 2.24) is 5.32 Å². The van der Waals surface area contributed by atoms with Crippen LogP contribution in [0.4, 0.5) is 5.69 Å². The molecule has 6 nitrogen and oxygen atoms in total. The summed E-state index contributed by atoms with van der Waals surface area (Å²) in [6.07, 6.45) is 2.72. The predicted molar refractivity (Wildman–Crippen MR) is 81.4 cm³/mol. The molecule has 3 N–H and O–H groups in total. The van der Waals surface area contributed by atoms with Crippen molar-refractivity contribution < 1.29 is 19.5 Å². The van der Waals surface area contributed by atoms with Crippen LogP contribution in [-0.2, 0) is 20.8 Å². The van der Waals surface area contributed by atoms with Gasteiger partial charge in [-0.05, 0) is 30.5 Å². The Morgan fingerprint density at radius 3 is 2.23 bits per heavy atom. The molecule has 0 saturated heterocycles. The Morgan fingerprint density at radius 2 is 1.73 bits per heavy atom. The van der Waals surface area contributed by atoms with Crippen LogP contribution in [0.25, 0.3) is 0 Å². The Bertz CT molecular complexity index is 574. The van der Waals surface area contributed by atoms with Crippen molar-refractivity contribution in [3.8, 4) is 0 Å². The molecule has 1 aliphatic carbocycles. The third-order valence-electron chi connectivity index (χ3n) is 3.88. The molecule has 118 valence electrons. The van der Waals surface area contributed by atoms with Gasteiger partial charge in [-0.3, -0.25) is 9.59 Å². The van der Waals surface area contributed by atoms with Gasteiger partial charge < -0.3 is 15.7 Å². The second-order valence-electron chi connectivity index (χ2n) is 5.70. The summed E-state index contributed by atoms with van der Waals surface area (Å²) in [5.41, 5.74) is 0.326. The van der Waals surface area contributed by atoms with Crippen LogP contribution in [0.15, 0.2) is 24.3 Å². The van der Waals surface area contributed by atoms with E-state index in [1.807, 2.05) is 0 Å². The monoisotopic (exact) mass is 304 g/mol. The number of aliphatic carboxylic acids is 1. The Kier molecular flexibility index (Phi) is 4.80. The summed E-state index contributed by atoms with van der Waals surface area (Å²) in [7, 11) is 0. The maximum Gasteiger partial charge on any atom is 0.329 e. The van der Waals surface area contributed by atoms with E-state index in [0.29, 0.717) is 18.5 Å². The van der Waals surface area contributed by atoms with Gasteiger partial charge in [0, 0.05) is 12.6 Å². The number of benzene rings is 1. The molecular formula is C16H20N2O4. The van der Waals surface area contributed by atoms with Crippen LogP contribution in [0, 0.1) is 0 Å². The minimum absolute atomic E-state index is 0.120. The largest absolute Gasteiger partial charge is 0.480 e. The molecular weight excluding hydrogens is 284 g/mol. The first-order chi connectivity index (χ1) is 10.4. The van der Waals surface area contributed by atoms with Gasteiger partial charge in [0.15, 0.2) is 0 Å². The molecule has 2 amide bonds. The van der Waals surface area contributed by atoms with Gasteiger partial charge in [0.1, 0.15) is 5.54 Å². The highest BCUT2D eigenvalue weighted by Crippen LogP contribution is 2.30. The summed E-state index contributed by atoms with van der Waals surface area (Å²) in [6.45, 7) is 1.42. The zero-order valence-electron chi connectivity index (χ0n) is 12.5. The van der Waals surface area contributed by atoms with Gasteiger partial charge >= 0.3 is 5.97 Å². The number of carbonyl (C=O) groups excluding carboxylic acids is 2. The van der Waals surface area contributed by atoms with E-state index in [9.17, 15) is 19.5 Å². The molecule has 0 aliphatic heterocycles. The van der Waals surface area contributed by atoms with Crippen LogP contribution in [0.5, 0.6) is 0 Å². The number of amides is 2. The number of carboxylic acid groups (broad SMARTS) is 1. The molecule has 0 bridgehead atoms. The Hall–Kier alpha value is -2.37. The fourth-order valence-corrected chi connectivity index (χ4v) is 2.78. The van der Waals surface area contributed by atoms with Crippen LogP contribution in [0.3, 0.4) is 0 Å². The van der Waals surface area contributed by atoms with Crippen molar-refractivity contribution >= 4 is 23.5 Å². The van der Waals surface area contributed by atoms with E-state index < -0.39 is 11.5 Å². The summed E-state index contributed by atoms with van der Waals surface area (Å²) in [4.78, 5) is 34.4. The molecule has 0 unspecified atom stereocenters. The highest BCUT2D eigenvalue weighted by atomic mass is 16.4. The molecule has 1 fully saturated rings. The maximum atomic E-state index is 12.1. The van der Waals surface area contributed by atoms with Crippen LogP contribution in [0.1, 0.15) is 38.2 Å². The fraction of sp³-hybridized carbons (Fsp3) is 0.438. The Morgan fingerprint density at radius 1 is 1.14 bits per heavy atom. The summed E-state index contributed by atoms with van der Waals surface area (Å²) in [5.74, 6) is -1.41. The first-order valence-corrected chi connectivity index (χ1v) is 7.32. The molecule has 6 heteroatoms. The molecule has 1 aromatic rings. The molecule has 0 atom stereocenters. The van der Waals surface area contributed by atoms with E-state index in [1.54, 1.807) is 24.3 Å². The average molecular weight is 304 g/mol. The van der Waals surface area contributed by atoms with Crippen LogP contribution in [0.2, 0.25) is 0 Å². The molecule has 1 saturated carbocycles. The molecule has 0 radical (unpaired) electrons. The van der Waals surface area contributed by atoms with Crippen LogP contribution >= 0.6 is 0 Å². The Labute approximate surface area is 128 Å². The van der Waals surface area contributed by atoms with E-state index in [0.717, 1.165) is 18.4 Å². The SMILES string of the molecule is CC(=O)Nc1ccc(CC(=O)NC2(C(=O)O)CCCC2)cc1. The maximum absolute atomic E-state index is 12.1. The predicted octanol–water partition coefficient (Wildman–Crippen LogP) is 1.70. The summed E-state index contributed by atoms with van der Waals surface area (Å²) >= 11 is 0. The number of anilines is 1. The van der Waals surface area contributed by atoms with Crippen molar-refractivity contribution in [2.75, 3.05) is 5.32 Å². The lowest BCUT2D eigenvalue weighted by atomic mass is 9.97. The van der Waals surface area contributed by atoms with E-state index in [4.69, 9.17) is 0 Å². The normalized spacial score (nSPS) is 16.0. The number of carbonyl (C=O) groups is 3. The first kappa shape index (κ1) is 16.0. The van der Waals surface area contributed by atoms with E-state index in [1.165, 1.54) is 6.92 Å². The number of rotatable bonds is 5. The highest BCUT2D eigenvalue weighted by molar-refractivity contribution is 5.89. The fourth-order valence-electron chi connectivity index (χ4n) is 2.78. The van der Waals surface area contributed by atoms with Gasteiger partial charge in [-0.25, -0.2) is 4.79 Å². The lowest BCUT2D eigenvalue weighted by molar-refractivity contribution is -0.147. The van der Waals surface area contributed by atoms with Crippen molar-refractivity contribution in [2.45, 2.75) is 44.6 Å². The van der Waals surface area contributed by atoms with Crippen LogP contribution < -0.4 is 10.6 Å². The second-order valence-corrected chi connectivity index (χ2v) is 5.70. The van der Waals surface area contributed by atoms with E-state index in [-0.39, 0.29) is 18.2 Å². The summed E-state index contributed by atoms with van der Waals surface area (Å²) in [6, 6.07) is 6.92. The lowest BCUT2D eigenvalue weighted by Crippen LogP contribution is -2.52. The number of hydrogen-bond acceptors (Lipinski definition) is 3. The standard InChI is InChI=1S/C16H20N2O4/c1-11(19)17-13-6-4-12(5-7-13)10-14(20)18-16(15(21)22)8-2-3-9-16/h4-7H,2-3,8-10H2,1H3,(H,17,19)(H,18,20)(H,21,22). The molecule has 0 spiro atoms. The minimum Gasteiger partial charge on any atom is -0.480 e. The van der Waals surface area contributed by atoms with Gasteiger partial charge in [-0.15, -0.1) is 0 Å². The molecule has 0 heterocycles. The number of nitrogens with one attached hydrogen (secondary N) is 2. The quantitative estimate of drug-likeness (QED) is 0.771. The van der Waals surface area contributed by atoms with Crippen LogP contribution in [-0.4, -0.2) is 28.4 Å². The zero-order chi connectivity index (χ0) is 16.2. The molecule has 2 rings (SSSR count). The highest BCUT2D eigenvalue weighted by Gasteiger charge is 2.42. The van der Waals surface area contributed by atoms with Gasteiger partial charge in [-0.2, -0.15) is 0 Å². The van der Waals surface area contributed by atoms with E-state index in [2.05, 4.69) is 10.6 Å². The Balaban J connectivity index is 1.97. The molecule has 1 aliphatic rings. The van der Waals surface area contributed by atoms with Crippen molar-refractivity contribution in [3.05, 3.63) is 29.8 Å². The summed E-state index contributed by atoms with van der Waals surface area (Å²) in [5, 5.41) is 14.7. The van der Waals surface area contributed by atoms with Gasteiger partial charge in [-0.1, -0.05) is 25.0 Å².